The van der Waals surface area contributed by atoms with E-state index in [0.29, 0.717) is 6.54 Å². The van der Waals surface area contributed by atoms with Gasteiger partial charge in [0.2, 0.25) is 5.91 Å². The van der Waals surface area contributed by atoms with Crippen molar-refractivity contribution in [2.75, 3.05) is 0 Å². The Morgan fingerprint density at radius 2 is 2.00 bits per heavy atom. The van der Waals surface area contributed by atoms with Crippen LogP contribution in [0.1, 0.15) is 25.0 Å². The minimum absolute atomic E-state index is 0.0546. The molecule has 1 amide bonds. The second kappa shape index (κ2) is 5.95. The van der Waals surface area contributed by atoms with Gasteiger partial charge < -0.3 is 10.4 Å². The zero-order chi connectivity index (χ0) is 13.7. The summed E-state index contributed by atoms with van der Waals surface area (Å²) in [6.45, 7) is 5.17. The molecule has 5 nitrogen and oxygen atoms in total. The second-order valence-electron chi connectivity index (χ2n) is 4.04. The van der Waals surface area contributed by atoms with Crippen LogP contribution in [0.2, 0.25) is 0 Å². The van der Waals surface area contributed by atoms with Crippen LogP contribution in [0.3, 0.4) is 0 Å². The third-order valence-electron chi connectivity index (χ3n) is 2.80. The highest BCUT2D eigenvalue weighted by molar-refractivity contribution is 6.01. The minimum Gasteiger partial charge on any atom is -0.478 e. The summed E-state index contributed by atoms with van der Waals surface area (Å²) in [4.78, 5) is 26.4. The lowest BCUT2D eigenvalue weighted by Crippen LogP contribution is -2.25. The number of aliphatic carboxylic acids is 1. The van der Waals surface area contributed by atoms with Gasteiger partial charge in [0.25, 0.3) is 0 Å². The predicted molar refractivity (Wildman–Crippen MR) is 66.8 cm³/mol. The maximum absolute atomic E-state index is 11.7. The van der Waals surface area contributed by atoms with Gasteiger partial charge in [0.15, 0.2) is 0 Å². The van der Waals surface area contributed by atoms with Crippen molar-refractivity contribution in [1.82, 2.24) is 10.3 Å². The number of rotatable bonds is 4. The van der Waals surface area contributed by atoms with Gasteiger partial charge in [-0.3, -0.25) is 9.78 Å². The maximum atomic E-state index is 11.7. The molecule has 0 saturated heterocycles. The monoisotopic (exact) mass is 248 g/mol. The summed E-state index contributed by atoms with van der Waals surface area (Å²) in [5, 5.41) is 11.5. The number of nitrogens with zero attached hydrogens (tertiary/aromatic N) is 1. The van der Waals surface area contributed by atoms with Gasteiger partial charge in [0.1, 0.15) is 0 Å². The summed E-state index contributed by atoms with van der Waals surface area (Å²) >= 11 is 0. The molecule has 0 bridgehead atoms. The van der Waals surface area contributed by atoms with Crippen LogP contribution in [0.4, 0.5) is 0 Å². The summed E-state index contributed by atoms with van der Waals surface area (Å²) in [7, 11) is 0. The van der Waals surface area contributed by atoms with Crippen LogP contribution >= 0.6 is 0 Å². The van der Waals surface area contributed by atoms with Crippen LogP contribution in [0.5, 0.6) is 0 Å². The molecule has 0 unspecified atom stereocenters. The standard InChI is InChI=1S/C13H16N2O3/c1-8-6-14-5-4-11(8)7-15-12(16)9(2)10(3)13(17)18/h4-6H,7H2,1-3H3,(H,15,16)(H,17,18)/b10-9+. The number of pyridine rings is 1. The summed E-state index contributed by atoms with van der Waals surface area (Å²) in [6, 6.07) is 1.82. The van der Waals surface area contributed by atoms with Crippen LogP contribution in [0, 0.1) is 6.92 Å². The fraction of sp³-hybridized carbons (Fsp3) is 0.308. The van der Waals surface area contributed by atoms with E-state index in [1.807, 2.05) is 13.0 Å². The number of carbonyl (C=O) groups excluding carboxylic acids is 1. The van der Waals surface area contributed by atoms with Crippen molar-refractivity contribution in [3.63, 3.8) is 0 Å². The van der Waals surface area contributed by atoms with Crippen LogP contribution in [0.15, 0.2) is 29.6 Å². The lowest BCUT2D eigenvalue weighted by atomic mass is 10.1. The first-order valence-electron chi connectivity index (χ1n) is 5.52. The van der Waals surface area contributed by atoms with Crippen molar-refractivity contribution in [1.29, 1.82) is 0 Å². The molecule has 5 heteroatoms. The van der Waals surface area contributed by atoms with E-state index < -0.39 is 5.97 Å². The second-order valence-corrected chi connectivity index (χ2v) is 4.04. The molecule has 0 aliphatic rings. The average molecular weight is 248 g/mol. The Hall–Kier alpha value is -2.17. The van der Waals surface area contributed by atoms with Gasteiger partial charge >= 0.3 is 5.97 Å². The highest BCUT2D eigenvalue weighted by Crippen LogP contribution is 2.07. The number of hydrogen-bond donors (Lipinski definition) is 2. The van der Waals surface area contributed by atoms with E-state index in [1.54, 1.807) is 12.4 Å². The van der Waals surface area contributed by atoms with Crippen molar-refractivity contribution in [2.24, 2.45) is 0 Å². The van der Waals surface area contributed by atoms with E-state index in [-0.39, 0.29) is 17.1 Å². The Labute approximate surface area is 106 Å². The van der Waals surface area contributed by atoms with E-state index >= 15 is 0 Å². The Morgan fingerprint density at radius 1 is 1.33 bits per heavy atom. The van der Waals surface area contributed by atoms with Gasteiger partial charge in [-0.15, -0.1) is 0 Å². The normalized spacial score (nSPS) is 11.7. The van der Waals surface area contributed by atoms with Crippen molar-refractivity contribution in [3.05, 3.63) is 40.7 Å². The van der Waals surface area contributed by atoms with E-state index in [9.17, 15) is 9.59 Å². The molecule has 2 N–H and O–H groups in total. The molecule has 0 saturated carbocycles. The largest absolute Gasteiger partial charge is 0.478 e. The number of carboxylic acid groups (broad SMARTS) is 1. The zero-order valence-corrected chi connectivity index (χ0v) is 10.7. The Kier molecular flexibility index (Phi) is 4.59. The van der Waals surface area contributed by atoms with Gasteiger partial charge in [-0.1, -0.05) is 0 Å². The molecule has 1 aromatic heterocycles. The van der Waals surface area contributed by atoms with E-state index in [2.05, 4.69) is 10.3 Å². The summed E-state index contributed by atoms with van der Waals surface area (Å²) in [6.07, 6.45) is 3.37. The van der Waals surface area contributed by atoms with Crippen molar-refractivity contribution in [3.8, 4) is 0 Å². The van der Waals surface area contributed by atoms with E-state index in [1.165, 1.54) is 13.8 Å². The third kappa shape index (κ3) is 3.41. The summed E-state index contributed by atoms with van der Waals surface area (Å²) in [5.74, 6) is -1.45. The zero-order valence-electron chi connectivity index (χ0n) is 10.7. The minimum atomic E-state index is -1.08. The Balaban J connectivity index is 2.71. The third-order valence-corrected chi connectivity index (χ3v) is 2.80. The molecular weight excluding hydrogens is 232 g/mol. The topological polar surface area (TPSA) is 79.3 Å². The molecule has 18 heavy (non-hydrogen) atoms. The molecule has 0 atom stereocenters. The molecule has 0 radical (unpaired) electrons. The fourth-order valence-corrected chi connectivity index (χ4v) is 1.34. The molecule has 0 aliphatic carbocycles. The number of amides is 1. The maximum Gasteiger partial charge on any atom is 0.331 e. The van der Waals surface area contributed by atoms with Gasteiger partial charge in [-0.05, 0) is 38.0 Å². The molecule has 1 rings (SSSR count). The molecule has 0 aliphatic heterocycles. The molecule has 96 valence electrons. The van der Waals surface area contributed by atoms with Crippen molar-refractivity contribution < 1.29 is 14.7 Å². The number of hydrogen-bond acceptors (Lipinski definition) is 3. The number of nitrogens with one attached hydrogen (secondary N) is 1. The molecule has 0 aromatic carbocycles. The Morgan fingerprint density at radius 3 is 2.56 bits per heavy atom. The van der Waals surface area contributed by atoms with Gasteiger partial charge in [0, 0.05) is 30.1 Å². The summed E-state index contributed by atoms with van der Waals surface area (Å²) < 4.78 is 0. The average Bonchev–Trinajstić information content (AvgIpc) is 2.35. The van der Waals surface area contributed by atoms with Gasteiger partial charge in [-0.25, -0.2) is 4.79 Å². The molecule has 0 fully saturated rings. The fourth-order valence-electron chi connectivity index (χ4n) is 1.34. The van der Waals surface area contributed by atoms with E-state index in [0.717, 1.165) is 11.1 Å². The van der Waals surface area contributed by atoms with Crippen LogP contribution in [-0.2, 0) is 16.1 Å². The predicted octanol–water partition coefficient (Wildman–Crippen LogP) is 1.43. The van der Waals surface area contributed by atoms with Crippen LogP contribution in [0.25, 0.3) is 0 Å². The van der Waals surface area contributed by atoms with Crippen LogP contribution < -0.4 is 5.32 Å². The molecular formula is C13H16N2O3. The van der Waals surface area contributed by atoms with Gasteiger partial charge in [0.05, 0.1) is 0 Å². The highest BCUT2D eigenvalue weighted by atomic mass is 16.4. The first kappa shape index (κ1) is 13.9. The first-order valence-corrected chi connectivity index (χ1v) is 5.52. The number of aryl methyl sites for hydroxylation is 1. The lowest BCUT2D eigenvalue weighted by molar-refractivity contribution is -0.133. The highest BCUT2D eigenvalue weighted by Gasteiger charge is 2.12. The van der Waals surface area contributed by atoms with E-state index in [4.69, 9.17) is 5.11 Å². The van der Waals surface area contributed by atoms with Crippen LogP contribution in [-0.4, -0.2) is 22.0 Å². The molecule has 1 aromatic rings. The van der Waals surface area contributed by atoms with Crippen molar-refractivity contribution >= 4 is 11.9 Å². The smallest absolute Gasteiger partial charge is 0.331 e. The summed E-state index contributed by atoms with van der Waals surface area (Å²) in [5.41, 5.74) is 2.21. The Bertz CT molecular complexity index is 507. The lowest BCUT2D eigenvalue weighted by Gasteiger charge is -2.08. The SMILES string of the molecule is C/C(C(=O)O)=C(/C)C(=O)NCc1ccncc1C. The quantitative estimate of drug-likeness (QED) is 0.790. The van der Waals surface area contributed by atoms with Gasteiger partial charge in [-0.2, -0.15) is 0 Å². The number of carboxylic acids is 1. The first-order chi connectivity index (χ1) is 8.43. The van der Waals surface area contributed by atoms with Crippen molar-refractivity contribution in [2.45, 2.75) is 27.3 Å². The molecule has 0 spiro atoms. The number of carbonyl (C=O) groups is 2. The number of aromatic nitrogens is 1. The molecule has 1 heterocycles.